The fourth-order valence-electron chi connectivity index (χ4n) is 4.59. The zero-order valence-electron chi connectivity index (χ0n) is 21.2. The van der Waals surface area contributed by atoms with Crippen LogP contribution >= 0.6 is 0 Å². The van der Waals surface area contributed by atoms with Crippen LogP contribution in [0.2, 0.25) is 0 Å². The lowest BCUT2D eigenvalue weighted by molar-refractivity contribution is 0.122. The van der Waals surface area contributed by atoms with Gasteiger partial charge >= 0.3 is 0 Å². The first-order valence-corrected chi connectivity index (χ1v) is 12.4. The maximum atomic E-state index is 5.58. The Morgan fingerprint density at radius 2 is 1.53 bits per heavy atom. The number of methoxy groups -OCH3 is 1. The highest BCUT2D eigenvalue weighted by Crippen LogP contribution is 2.34. The van der Waals surface area contributed by atoms with Crippen molar-refractivity contribution >= 4 is 34.5 Å². The third kappa shape index (κ3) is 5.47. The number of nitrogens with zero attached hydrogens (tertiary/aromatic N) is 5. The van der Waals surface area contributed by atoms with Gasteiger partial charge in [0, 0.05) is 56.5 Å². The predicted octanol–water partition coefficient (Wildman–Crippen LogP) is 3.98. The number of nitrogens with one attached hydrogen (secondary N) is 1. The van der Waals surface area contributed by atoms with Gasteiger partial charge in [-0.2, -0.15) is 4.98 Å². The molecule has 2 saturated heterocycles. The topological polar surface area (TPSA) is 75.2 Å². The molecule has 9 heteroatoms. The molecule has 0 spiro atoms. The summed E-state index contributed by atoms with van der Waals surface area (Å²) in [5.41, 5.74) is 5.39. The predicted molar refractivity (Wildman–Crippen MR) is 144 cm³/mol. The fourth-order valence-corrected chi connectivity index (χ4v) is 4.59. The van der Waals surface area contributed by atoms with E-state index in [4.69, 9.17) is 19.2 Å². The van der Waals surface area contributed by atoms with Gasteiger partial charge in [-0.05, 0) is 48.9 Å². The molecule has 3 aromatic rings. The van der Waals surface area contributed by atoms with Crippen molar-refractivity contribution in [1.82, 2.24) is 9.97 Å². The van der Waals surface area contributed by atoms with Crippen LogP contribution < -0.4 is 24.8 Å². The van der Waals surface area contributed by atoms with Crippen LogP contribution in [-0.4, -0.2) is 76.7 Å². The van der Waals surface area contributed by atoms with Gasteiger partial charge in [-0.25, -0.2) is 4.98 Å². The van der Waals surface area contributed by atoms with E-state index < -0.39 is 0 Å². The Kier molecular flexibility index (Phi) is 7.39. The molecule has 0 bridgehead atoms. The van der Waals surface area contributed by atoms with E-state index in [1.165, 1.54) is 11.4 Å². The molecule has 1 aromatic heterocycles. The Labute approximate surface area is 212 Å². The van der Waals surface area contributed by atoms with Crippen LogP contribution in [0.3, 0.4) is 0 Å². The summed E-state index contributed by atoms with van der Waals surface area (Å²) in [5, 5.41) is 3.45. The molecule has 9 nitrogen and oxygen atoms in total. The monoisotopic (exact) mass is 490 g/mol. The second kappa shape index (κ2) is 11.0. The Hall–Kier alpha value is -3.56. The molecule has 5 rings (SSSR count). The van der Waals surface area contributed by atoms with Crippen LogP contribution in [0.15, 0.2) is 48.7 Å². The maximum absolute atomic E-state index is 5.58. The first kappa shape index (κ1) is 24.1. The standard InChI is InChI=1S/C27H34N6O3/c1-20-4-5-25(34-3)24(16-20)31(2)26-6-7-28-27(30-26)29-21-17-22(32-8-12-35-13-9-32)19-23(18-21)33-10-14-36-15-11-33/h4-7,16-19H,8-15H2,1-3H3,(H,28,29,30). The first-order chi connectivity index (χ1) is 17.6. The van der Waals surface area contributed by atoms with Crippen molar-refractivity contribution in [3.63, 3.8) is 0 Å². The van der Waals surface area contributed by atoms with Gasteiger partial charge in [-0.15, -0.1) is 0 Å². The lowest BCUT2D eigenvalue weighted by atomic mass is 10.2. The highest BCUT2D eigenvalue weighted by atomic mass is 16.5. The molecule has 2 fully saturated rings. The van der Waals surface area contributed by atoms with E-state index in [1.54, 1.807) is 13.3 Å². The van der Waals surface area contributed by atoms with E-state index in [0.717, 1.165) is 81.1 Å². The average molecular weight is 491 g/mol. The van der Waals surface area contributed by atoms with Crippen LogP contribution in [-0.2, 0) is 9.47 Å². The molecule has 0 saturated carbocycles. The molecule has 1 N–H and O–H groups in total. The van der Waals surface area contributed by atoms with Gasteiger partial charge in [-0.1, -0.05) is 6.07 Å². The van der Waals surface area contributed by atoms with Gasteiger partial charge < -0.3 is 34.2 Å². The quantitative estimate of drug-likeness (QED) is 0.529. The SMILES string of the molecule is COc1ccc(C)cc1N(C)c1ccnc(Nc2cc(N3CCOCC3)cc(N3CCOCC3)c2)n1. The second-order valence-electron chi connectivity index (χ2n) is 9.03. The van der Waals surface area contributed by atoms with Gasteiger partial charge in [-0.3, -0.25) is 0 Å². The summed E-state index contributed by atoms with van der Waals surface area (Å²) in [6.07, 6.45) is 1.78. The maximum Gasteiger partial charge on any atom is 0.229 e. The molecule has 2 aromatic carbocycles. The van der Waals surface area contributed by atoms with Crippen LogP contribution in [0.4, 0.5) is 34.5 Å². The van der Waals surface area contributed by atoms with Crippen LogP contribution in [0.5, 0.6) is 5.75 Å². The second-order valence-corrected chi connectivity index (χ2v) is 9.03. The molecule has 2 aliphatic rings. The van der Waals surface area contributed by atoms with Crippen molar-refractivity contribution in [2.45, 2.75) is 6.92 Å². The minimum atomic E-state index is 0.540. The molecule has 0 atom stereocenters. The third-order valence-electron chi connectivity index (χ3n) is 6.59. The molecule has 36 heavy (non-hydrogen) atoms. The number of hydrogen-bond acceptors (Lipinski definition) is 9. The van der Waals surface area contributed by atoms with Crippen LogP contribution in [0.1, 0.15) is 5.56 Å². The molecule has 2 aliphatic heterocycles. The summed E-state index contributed by atoms with van der Waals surface area (Å²) in [4.78, 5) is 16.1. The average Bonchev–Trinajstić information content (AvgIpc) is 2.93. The highest BCUT2D eigenvalue weighted by molar-refractivity contribution is 5.72. The number of ether oxygens (including phenoxy) is 3. The van der Waals surface area contributed by atoms with Crippen LogP contribution in [0, 0.1) is 6.92 Å². The number of morpholine rings is 2. The van der Waals surface area contributed by atoms with Crippen molar-refractivity contribution in [3.05, 3.63) is 54.2 Å². The van der Waals surface area contributed by atoms with Crippen molar-refractivity contribution in [2.24, 2.45) is 0 Å². The minimum absolute atomic E-state index is 0.540. The van der Waals surface area contributed by atoms with Crippen molar-refractivity contribution in [2.75, 3.05) is 86.8 Å². The zero-order valence-corrected chi connectivity index (χ0v) is 21.2. The lowest BCUT2D eigenvalue weighted by Crippen LogP contribution is -2.38. The Morgan fingerprint density at radius 1 is 0.889 bits per heavy atom. The summed E-state index contributed by atoms with van der Waals surface area (Å²) in [6.45, 7) is 8.53. The zero-order chi connectivity index (χ0) is 24.9. The van der Waals surface area contributed by atoms with E-state index in [0.29, 0.717) is 5.95 Å². The summed E-state index contributed by atoms with van der Waals surface area (Å²) < 4.78 is 16.7. The fraction of sp³-hybridized carbons (Fsp3) is 0.407. The van der Waals surface area contributed by atoms with Gasteiger partial charge in [0.1, 0.15) is 11.6 Å². The first-order valence-electron chi connectivity index (χ1n) is 12.4. The molecular weight excluding hydrogens is 456 g/mol. The number of aromatic nitrogens is 2. The summed E-state index contributed by atoms with van der Waals surface area (Å²) in [7, 11) is 3.67. The van der Waals surface area contributed by atoms with Crippen molar-refractivity contribution in [1.29, 1.82) is 0 Å². The van der Waals surface area contributed by atoms with Gasteiger partial charge in [0.25, 0.3) is 0 Å². The van der Waals surface area contributed by atoms with E-state index in [9.17, 15) is 0 Å². The number of benzene rings is 2. The van der Waals surface area contributed by atoms with Crippen LogP contribution in [0.25, 0.3) is 0 Å². The molecule has 0 unspecified atom stereocenters. The summed E-state index contributed by atoms with van der Waals surface area (Å²) in [6, 6.07) is 14.6. The Bertz CT molecular complexity index is 1140. The molecule has 0 radical (unpaired) electrons. The number of anilines is 6. The molecule has 0 aliphatic carbocycles. The minimum Gasteiger partial charge on any atom is -0.495 e. The number of hydrogen-bond donors (Lipinski definition) is 1. The van der Waals surface area contributed by atoms with Gasteiger partial charge in [0.15, 0.2) is 0 Å². The lowest BCUT2D eigenvalue weighted by Gasteiger charge is -2.33. The number of rotatable bonds is 7. The molecular formula is C27H34N6O3. The smallest absolute Gasteiger partial charge is 0.229 e. The summed E-state index contributed by atoms with van der Waals surface area (Å²) in [5.74, 6) is 2.11. The Balaban J connectivity index is 1.43. The van der Waals surface area contributed by atoms with E-state index in [2.05, 4.69) is 51.3 Å². The number of aryl methyl sites for hydroxylation is 1. The molecule has 3 heterocycles. The van der Waals surface area contributed by atoms with Gasteiger partial charge in [0.05, 0.1) is 39.2 Å². The van der Waals surface area contributed by atoms with E-state index in [1.807, 2.05) is 30.1 Å². The van der Waals surface area contributed by atoms with Gasteiger partial charge in [0.2, 0.25) is 5.95 Å². The van der Waals surface area contributed by atoms with Crippen molar-refractivity contribution < 1.29 is 14.2 Å². The Morgan fingerprint density at radius 3 is 2.14 bits per heavy atom. The van der Waals surface area contributed by atoms with E-state index in [-0.39, 0.29) is 0 Å². The molecule has 0 amide bonds. The summed E-state index contributed by atoms with van der Waals surface area (Å²) >= 11 is 0. The third-order valence-corrected chi connectivity index (χ3v) is 6.59. The highest BCUT2D eigenvalue weighted by Gasteiger charge is 2.18. The largest absolute Gasteiger partial charge is 0.495 e. The van der Waals surface area contributed by atoms with E-state index >= 15 is 0 Å². The molecule has 190 valence electrons. The normalized spacial score (nSPS) is 16.1. The van der Waals surface area contributed by atoms with Crippen molar-refractivity contribution in [3.8, 4) is 5.75 Å².